The summed E-state index contributed by atoms with van der Waals surface area (Å²) in [5.74, 6) is 0.959. The van der Waals surface area contributed by atoms with Crippen molar-refractivity contribution in [1.29, 1.82) is 0 Å². The van der Waals surface area contributed by atoms with Crippen LogP contribution in [-0.4, -0.2) is 9.97 Å². The first-order valence-electron chi connectivity index (χ1n) is 4.29. The summed E-state index contributed by atoms with van der Waals surface area (Å²) in [6.45, 7) is 1.98. The Labute approximate surface area is 91.4 Å². The molecule has 0 atom stereocenters. The Morgan fingerprint density at radius 2 is 2.36 bits per heavy atom. The fourth-order valence-corrected chi connectivity index (χ4v) is 2.68. The molecule has 2 heterocycles. The molecule has 0 aromatic carbocycles. The van der Waals surface area contributed by atoms with E-state index in [2.05, 4.69) is 27.5 Å². The number of rotatable bonds is 3. The largest absolute Gasteiger partial charge is 0.231 e. The Kier molecular flexibility index (Phi) is 3.16. The van der Waals surface area contributed by atoms with Crippen LogP contribution >= 0.6 is 23.1 Å². The van der Waals surface area contributed by atoms with Gasteiger partial charge in [-0.05, 0) is 24.4 Å². The van der Waals surface area contributed by atoms with Crippen LogP contribution in [0.3, 0.4) is 0 Å². The Morgan fingerprint density at radius 3 is 3.07 bits per heavy atom. The number of nitrogens with zero attached hydrogens (tertiary/aromatic N) is 2. The first-order valence-corrected chi connectivity index (χ1v) is 6.16. The number of hydrogen-bond acceptors (Lipinski definition) is 4. The van der Waals surface area contributed by atoms with Crippen LogP contribution in [0.15, 0.2) is 34.9 Å². The molecule has 0 bridgehead atoms. The summed E-state index contributed by atoms with van der Waals surface area (Å²) in [6, 6.07) is 6.11. The molecule has 0 amide bonds. The third kappa shape index (κ3) is 2.56. The van der Waals surface area contributed by atoms with Gasteiger partial charge >= 0.3 is 0 Å². The smallest absolute Gasteiger partial charge is 0.188 e. The summed E-state index contributed by atoms with van der Waals surface area (Å²) in [5, 5.41) is 2.95. The summed E-state index contributed by atoms with van der Waals surface area (Å²) in [4.78, 5) is 9.89. The fraction of sp³-hybridized carbons (Fsp3) is 0.200. The first kappa shape index (κ1) is 9.68. The number of aryl methyl sites for hydroxylation is 1. The van der Waals surface area contributed by atoms with Crippen molar-refractivity contribution < 1.29 is 0 Å². The van der Waals surface area contributed by atoms with E-state index < -0.39 is 0 Å². The van der Waals surface area contributed by atoms with Crippen LogP contribution in [0.5, 0.6) is 0 Å². The van der Waals surface area contributed by atoms with Crippen molar-refractivity contribution in [2.24, 2.45) is 0 Å². The Hall–Kier alpha value is -0.870. The average Bonchev–Trinajstić information content (AvgIpc) is 2.67. The van der Waals surface area contributed by atoms with Crippen LogP contribution in [0.1, 0.15) is 10.6 Å². The maximum atomic E-state index is 4.33. The van der Waals surface area contributed by atoms with Crippen molar-refractivity contribution in [3.8, 4) is 0 Å². The van der Waals surface area contributed by atoms with Gasteiger partial charge in [0.1, 0.15) is 0 Å². The van der Waals surface area contributed by atoms with E-state index in [-0.39, 0.29) is 0 Å². The highest BCUT2D eigenvalue weighted by Crippen LogP contribution is 2.21. The molecular formula is C10H10N2S2. The zero-order valence-corrected chi connectivity index (χ0v) is 9.44. The molecule has 0 aliphatic rings. The molecule has 72 valence electrons. The molecule has 0 spiro atoms. The van der Waals surface area contributed by atoms with Crippen molar-refractivity contribution in [3.63, 3.8) is 0 Å². The topological polar surface area (TPSA) is 25.8 Å². The van der Waals surface area contributed by atoms with E-state index in [0.29, 0.717) is 0 Å². The van der Waals surface area contributed by atoms with E-state index in [4.69, 9.17) is 0 Å². The number of thiophene rings is 1. The van der Waals surface area contributed by atoms with Crippen molar-refractivity contribution in [2.75, 3.05) is 0 Å². The lowest BCUT2D eigenvalue weighted by atomic mass is 10.5. The predicted octanol–water partition coefficient (Wildman–Crippen LogP) is 3.14. The maximum Gasteiger partial charge on any atom is 0.188 e. The summed E-state index contributed by atoms with van der Waals surface area (Å²) in [7, 11) is 0. The predicted molar refractivity (Wildman–Crippen MR) is 60.6 cm³/mol. The van der Waals surface area contributed by atoms with Gasteiger partial charge in [0.2, 0.25) is 0 Å². The summed E-state index contributed by atoms with van der Waals surface area (Å²) >= 11 is 3.45. The molecule has 2 aromatic rings. The van der Waals surface area contributed by atoms with E-state index in [0.717, 1.165) is 16.6 Å². The van der Waals surface area contributed by atoms with Crippen LogP contribution in [0.25, 0.3) is 0 Å². The monoisotopic (exact) mass is 222 g/mol. The lowest BCUT2D eigenvalue weighted by molar-refractivity contribution is 0.932. The van der Waals surface area contributed by atoms with Gasteiger partial charge in [0, 0.05) is 22.5 Å². The normalized spacial score (nSPS) is 10.4. The van der Waals surface area contributed by atoms with Crippen LogP contribution in [0, 0.1) is 6.92 Å². The van der Waals surface area contributed by atoms with Gasteiger partial charge in [0.15, 0.2) is 5.16 Å². The highest BCUT2D eigenvalue weighted by molar-refractivity contribution is 7.98. The molecule has 2 nitrogen and oxygen atoms in total. The summed E-state index contributed by atoms with van der Waals surface area (Å²) in [6.07, 6.45) is 1.80. The van der Waals surface area contributed by atoms with Gasteiger partial charge in [-0.3, -0.25) is 0 Å². The van der Waals surface area contributed by atoms with E-state index >= 15 is 0 Å². The van der Waals surface area contributed by atoms with Gasteiger partial charge in [0.25, 0.3) is 0 Å². The van der Waals surface area contributed by atoms with Crippen LogP contribution in [0.4, 0.5) is 0 Å². The van der Waals surface area contributed by atoms with Crippen LogP contribution < -0.4 is 0 Å². The highest BCUT2D eigenvalue weighted by atomic mass is 32.2. The highest BCUT2D eigenvalue weighted by Gasteiger charge is 1.99. The summed E-state index contributed by atoms with van der Waals surface area (Å²) in [5.41, 5.74) is 1.02. The standard InChI is InChI=1S/C10H10N2S2/c1-8-4-5-11-10(12-8)14-7-9-3-2-6-13-9/h2-6H,7H2,1H3. The number of hydrogen-bond donors (Lipinski definition) is 0. The quantitative estimate of drug-likeness (QED) is 0.589. The molecule has 4 heteroatoms. The van der Waals surface area contributed by atoms with Crippen molar-refractivity contribution in [3.05, 3.63) is 40.3 Å². The van der Waals surface area contributed by atoms with Gasteiger partial charge in [-0.15, -0.1) is 11.3 Å². The minimum atomic E-state index is 0.860. The summed E-state index contributed by atoms with van der Waals surface area (Å²) < 4.78 is 0. The molecule has 0 aliphatic carbocycles. The minimum Gasteiger partial charge on any atom is -0.231 e. The average molecular weight is 222 g/mol. The fourth-order valence-electron chi connectivity index (χ4n) is 1.03. The van der Waals surface area contributed by atoms with E-state index in [1.165, 1.54) is 4.88 Å². The molecule has 0 fully saturated rings. The second-order valence-electron chi connectivity index (χ2n) is 2.85. The third-order valence-electron chi connectivity index (χ3n) is 1.70. The molecule has 2 aromatic heterocycles. The van der Waals surface area contributed by atoms with Crippen LogP contribution in [-0.2, 0) is 5.75 Å². The SMILES string of the molecule is Cc1ccnc(SCc2cccs2)n1. The minimum absolute atomic E-state index is 0.860. The number of thioether (sulfide) groups is 1. The van der Waals surface area contributed by atoms with Gasteiger partial charge in [-0.25, -0.2) is 9.97 Å². The lowest BCUT2D eigenvalue weighted by Crippen LogP contribution is -1.88. The van der Waals surface area contributed by atoms with Crippen molar-refractivity contribution in [2.45, 2.75) is 17.8 Å². The first-order chi connectivity index (χ1) is 6.84. The Morgan fingerprint density at radius 1 is 1.43 bits per heavy atom. The van der Waals surface area contributed by atoms with Gasteiger partial charge in [-0.1, -0.05) is 17.8 Å². The van der Waals surface area contributed by atoms with Gasteiger partial charge in [0.05, 0.1) is 0 Å². The second kappa shape index (κ2) is 4.57. The molecule has 0 radical (unpaired) electrons. The van der Waals surface area contributed by atoms with Crippen LogP contribution in [0.2, 0.25) is 0 Å². The third-order valence-corrected chi connectivity index (χ3v) is 3.67. The van der Waals surface area contributed by atoms with E-state index in [1.54, 1.807) is 29.3 Å². The second-order valence-corrected chi connectivity index (χ2v) is 4.82. The van der Waals surface area contributed by atoms with Gasteiger partial charge < -0.3 is 0 Å². The van der Waals surface area contributed by atoms with E-state index in [1.807, 2.05) is 13.0 Å². The number of aromatic nitrogens is 2. The zero-order valence-electron chi connectivity index (χ0n) is 7.80. The Balaban J connectivity index is 1.98. The molecule has 0 N–H and O–H groups in total. The Bertz CT molecular complexity index is 398. The van der Waals surface area contributed by atoms with Crippen molar-refractivity contribution in [1.82, 2.24) is 9.97 Å². The maximum absolute atomic E-state index is 4.33. The molecule has 14 heavy (non-hydrogen) atoms. The lowest BCUT2D eigenvalue weighted by Gasteiger charge is -1.98. The molecule has 0 saturated heterocycles. The molecular weight excluding hydrogens is 212 g/mol. The molecule has 0 aliphatic heterocycles. The molecule has 2 rings (SSSR count). The van der Waals surface area contributed by atoms with Crippen molar-refractivity contribution >= 4 is 23.1 Å². The van der Waals surface area contributed by atoms with Gasteiger partial charge in [-0.2, -0.15) is 0 Å². The van der Waals surface area contributed by atoms with E-state index in [9.17, 15) is 0 Å². The molecule has 0 saturated carbocycles. The zero-order chi connectivity index (χ0) is 9.80. The molecule has 0 unspecified atom stereocenters.